The lowest BCUT2D eigenvalue weighted by atomic mass is 10.1. The molecule has 0 radical (unpaired) electrons. The van der Waals surface area contributed by atoms with Crippen LogP contribution in [0.4, 0.5) is 5.69 Å². The van der Waals surface area contributed by atoms with Crippen LogP contribution in [0, 0.1) is 11.3 Å². The molecule has 0 spiro atoms. The Labute approximate surface area is 184 Å². The smallest absolute Gasteiger partial charge is 0.261 e. The Kier molecular flexibility index (Phi) is 5.83. The highest BCUT2D eigenvalue weighted by Gasteiger charge is 2.35. The van der Waals surface area contributed by atoms with Crippen LogP contribution >= 0.6 is 11.6 Å². The summed E-state index contributed by atoms with van der Waals surface area (Å²) in [4.78, 5) is 26.6. The second kappa shape index (κ2) is 8.86. The van der Waals surface area contributed by atoms with E-state index in [2.05, 4.69) is 6.07 Å². The van der Waals surface area contributed by atoms with Crippen molar-refractivity contribution >= 4 is 35.2 Å². The minimum Gasteiger partial charge on any atom is -0.488 e. The van der Waals surface area contributed by atoms with Crippen LogP contribution in [0.1, 0.15) is 23.1 Å². The van der Waals surface area contributed by atoms with Crippen molar-refractivity contribution < 1.29 is 14.3 Å². The van der Waals surface area contributed by atoms with Crippen LogP contribution in [0.15, 0.2) is 78.4 Å². The van der Waals surface area contributed by atoms with Crippen molar-refractivity contribution in [1.82, 2.24) is 0 Å². The number of para-hydroxylation sites is 1. The van der Waals surface area contributed by atoms with E-state index in [0.717, 1.165) is 10.5 Å². The monoisotopic (exact) mass is 428 g/mol. The Morgan fingerprint density at radius 3 is 2.55 bits per heavy atom. The minimum atomic E-state index is -0.367. The first-order chi connectivity index (χ1) is 15.0. The molecule has 0 N–H and O–H groups in total. The maximum atomic E-state index is 12.9. The van der Waals surface area contributed by atoms with Crippen LogP contribution in [0.25, 0.3) is 6.08 Å². The van der Waals surface area contributed by atoms with E-state index in [0.29, 0.717) is 39.8 Å². The van der Waals surface area contributed by atoms with Gasteiger partial charge in [-0.15, -0.1) is 0 Å². The molecule has 0 unspecified atom stereocenters. The maximum absolute atomic E-state index is 12.9. The van der Waals surface area contributed by atoms with Gasteiger partial charge in [0.05, 0.1) is 23.7 Å². The van der Waals surface area contributed by atoms with Gasteiger partial charge in [0.25, 0.3) is 5.91 Å². The van der Waals surface area contributed by atoms with Gasteiger partial charge < -0.3 is 4.74 Å². The Morgan fingerprint density at radius 2 is 1.81 bits per heavy atom. The number of benzene rings is 3. The molecule has 1 heterocycles. The average Bonchev–Trinajstić information content (AvgIpc) is 3.06. The predicted octanol–water partition coefficient (Wildman–Crippen LogP) is 5.14. The lowest BCUT2D eigenvalue weighted by molar-refractivity contribution is -0.120. The van der Waals surface area contributed by atoms with E-state index in [4.69, 9.17) is 21.6 Å². The van der Waals surface area contributed by atoms with Gasteiger partial charge in [0.15, 0.2) is 0 Å². The van der Waals surface area contributed by atoms with Crippen molar-refractivity contribution in [1.29, 1.82) is 5.26 Å². The van der Waals surface area contributed by atoms with Gasteiger partial charge in [-0.2, -0.15) is 5.26 Å². The Morgan fingerprint density at radius 1 is 1.03 bits per heavy atom. The number of hydrogen-bond acceptors (Lipinski definition) is 4. The fourth-order valence-corrected chi connectivity index (χ4v) is 3.50. The SMILES string of the molecule is N#Cc1ccc(COc2ccccc2/C=C2\CC(=O)N(c3cccc(Cl)c3)C2=O)cc1. The fraction of sp³-hybridized carbons (Fsp3) is 0.0800. The largest absolute Gasteiger partial charge is 0.488 e. The Hall–Kier alpha value is -3.88. The van der Waals surface area contributed by atoms with Crippen LogP contribution in [0.5, 0.6) is 5.75 Å². The average molecular weight is 429 g/mol. The zero-order valence-corrected chi connectivity index (χ0v) is 17.2. The number of anilines is 1. The molecule has 4 rings (SSSR count). The van der Waals surface area contributed by atoms with Crippen LogP contribution in [-0.2, 0) is 16.2 Å². The molecule has 31 heavy (non-hydrogen) atoms. The van der Waals surface area contributed by atoms with Crippen molar-refractivity contribution in [2.45, 2.75) is 13.0 Å². The van der Waals surface area contributed by atoms with Crippen LogP contribution < -0.4 is 9.64 Å². The van der Waals surface area contributed by atoms with Crippen molar-refractivity contribution in [3.63, 3.8) is 0 Å². The molecule has 1 aliphatic rings. The molecule has 1 aliphatic heterocycles. The summed E-state index contributed by atoms with van der Waals surface area (Å²) < 4.78 is 5.94. The quantitative estimate of drug-likeness (QED) is 0.417. The van der Waals surface area contributed by atoms with E-state index >= 15 is 0 Å². The number of imide groups is 1. The molecular formula is C25H17ClN2O3. The molecule has 0 aromatic heterocycles. The summed E-state index contributed by atoms with van der Waals surface area (Å²) in [6.07, 6.45) is 1.70. The summed E-state index contributed by atoms with van der Waals surface area (Å²) in [5.41, 5.74) is 3.05. The first-order valence-corrected chi connectivity index (χ1v) is 9.97. The first-order valence-electron chi connectivity index (χ1n) is 9.59. The number of ether oxygens (including phenoxy) is 1. The van der Waals surface area contributed by atoms with Gasteiger partial charge in [-0.25, -0.2) is 4.90 Å². The van der Waals surface area contributed by atoms with E-state index in [9.17, 15) is 9.59 Å². The maximum Gasteiger partial charge on any atom is 0.261 e. The number of carbonyl (C=O) groups is 2. The molecule has 0 saturated carbocycles. The Balaban J connectivity index is 1.55. The number of halogens is 1. The number of carbonyl (C=O) groups excluding carboxylic acids is 2. The van der Waals surface area contributed by atoms with E-state index in [-0.39, 0.29) is 18.2 Å². The molecule has 3 aromatic rings. The van der Waals surface area contributed by atoms with Crippen molar-refractivity contribution in [3.8, 4) is 11.8 Å². The first kappa shape index (κ1) is 20.4. The third-order valence-electron chi connectivity index (χ3n) is 4.86. The summed E-state index contributed by atoms with van der Waals surface area (Å²) in [5, 5.41) is 9.36. The predicted molar refractivity (Wildman–Crippen MR) is 118 cm³/mol. The Bertz CT molecular complexity index is 1230. The van der Waals surface area contributed by atoms with Crippen molar-refractivity contribution in [3.05, 3.63) is 100 Å². The lowest BCUT2D eigenvalue weighted by Crippen LogP contribution is -2.28. The zero-order valence-electron chi connectivity index (χ0n) is 16.4. The van der Waals surface area contributed by atoms with Crippen LogP contribution in [0.3, 0.4) is 0 Å². The number of hydrogen-bond donors (Lipinski definition) is 0. The summed E-state index contributed by atoms with van der Waals surface area (Å²) in [6.45, 7) is 0.313. The second-order valence-electron chi connectivity index (χ2n) is 7.00. The van der Waals surface area contributed by atoms with Gasteiger partial charge in [-0.3, -0.25) is 9.59 Å². The van der Waals surface area contributed by atoms with Gasteiger partial charge in [0.2, 0.25) is 5.91 Å². The highest BCUT2D eigenvalue weighted by atomic mass is 35.5. The van der Waals surface area contributed by atoms with Gasteiger partial charge in [0.1, 0.15) is 12.4 Å². The minimum absolute atomic E-state index is 0.00923. The molecule has 0 aliphatic carbocycles. The summed E-state index contributed by atoms with van der Waals surface area (Å²) in [6, 6.07) is 23.2. The highest BCUT2D eigenvalue weighted by Crippen LogP contribution is 2.31. The zero-order chi connectivity index (χ0) is 21.8. The number of nitrogens with zero attached hydrogens (tertiary/aromatic N) is 2. The molecule has 0 atom stereocenters. The van der Waals surface area contributed by atoms with E-state index < -0.39 is 0 Å². The highest BCUT2D eigenvalue weighted by molar-refractivity contribution is 6.32. The molecule has 152 valence electrons. The molecule has 6 heteroatoms. The van der Waals surface area contributed by atoms with E-state index in [1.165, 1.54) is 0 Å². The standard InChI is InChI=1S/C25H17ClN2O3/c26-21-5-3-6-22(14-21)28-24(29)13-20(25(28)30)12-19-4-1-2-7-23(19)31-16-18-10-8-17(15-27)9-11-18/h1-12,14H,13,16H2/b20-12+. The molecule has 0 bridgehead atoms. The summed E-state index contributed by atoms with van der Waals surface area (Å²) in [7, 11) is 0. The van der Waals surface area contributed by atoms with E-state index in [1.807, 2.05) is 36.4 Å². The number of rotatable bonds is 5. The van der Waals surface area contributed by atoms with Gasteiger partial charge in [-0.1, -0.05) is 48.0 Å². The second-order valence-corrected chi connectivity index (χ2v) is 7.43. The molecule has 3 aromatic carbocycles. The van der Waals surface area contributed by atoms with E-state index in [1.54, 1.807) is 42.5 Å². The van der Waals surface area contributed by atoms with Gasteiger partial charge in [-0.05, 0) is 48.0 Å². The van der Waals surface area contributed by atoms with Gasteiger partial charge in [0, 0.05) is 16.2 Å². The number of amides is 2. The van der Waals surface area contributed by atoms with Crippen LogP contribution in [-0.4, -0.2) is 11.8 Å². The fourth-order valence-electron chi connectivity index (χ4n) is 3.32. The molecule has 5 nitrogen and oxygen atoms in total. The molecule has 2 amide bonds. The lowest BCUT2D eigenvalue weighted by Gasteiger charge is -2.13. The molecular weight excluding hydrogens is 412 g/mol. The topological polar surface area (TPSA) is 70.4 Å². The normalized spacial score (nSPS) is 14.7. The molecule has 1 fully saturated rings. The third-order valence-corrected chi connectivity index (χ3v) is 5.10. The summed E-state index contributed by atoms with van der Waals surface area (Å²) in [5.74, 6) is -0.0653. The molecule has 1 saturated heterocycles. The van der Waals surface area contributed by atoms with Gasteiger partial charge >= 0.3 is 0 Å². The number of nitriles is 1. The third kappa shape index (κ3) is 4.50. The van der Waals surface area contributed by atoms with Crippen molar-refractivity contribution in [2.24, 2.45) is 0 Å². The van der Waals surface area contributed by atoms with Crippen LogP contribution in [0.2, 0.25) is 5.02 Å². The summed E-state index contributed by atoms with van der Waals surface area (Å²) >= 11 is 6.01. The van der Waals surface area contributed by atoms with Crippen molar-refractivity contribution in [2.75, 3.05) is 4.90 Å².